The number of ether oxygens (including phenoxy) is 1. The lowest BCUT2D eigenvalue weighted by Crippen LogP contribution is -2.35. The average molecular weight is 501 g/mol. The SMILES string of the molecule is Nc1n[nH]c2c(-c3ccccc3)cc(-c3ccnc4[nH]c(-c5ccc(CN6CCOCC6)cc5)cc34)cc12. The van der Waals surface area contributed by atoms with E-state index in [1.54, 1.807) is 0 Å². The normalized spacial score (nSPS) is 14.4. The molecule has 188 valence electrons. The van der Waals surface area contributed by atoms with Crippen LogP contribution in [-0.2, 0) is 11.3 Å². The second-order valence-electron chi connectivity index (χ2n) is 9.81. The van der Waals surface area contributed by atoms with Crippen LogP contribution < -0.4 is 5.73 Å². The molecule has 0 unspecified atom stereocenters. The third-order valence-corrected chi connectivity index (χ3v) is 7.40. The van der Waals surface area contributed by atoms with Crippen molar-refractivity contribution >= 4 is 27.8 Å². The highest BCUT2D eigenvalue weighted by Crippen LogP contribution is 2.38. The molecular formula is C31H28N6O. The molecule has 1 aliphatic rings. The summed E-state index contributed by atoms with van der Waals surface area (Å²) >= 11 is 0. The fraction of sp³-hybridized carbons (Fsp3) is 0.161. The zero-order chi connectivity index (χ0) is 25.5. The number of rotatable bonds is 5. The first-order valence-corrected chi connectivity index (χ1v) is 12.9. The minimum atomic E-state index is 0.497. The Kier molecular flexibility index (Phi) is 5.65. The van der Waals surface area contributed by atoms with Gasteiger partial charge in [-0.25, -0.2) is 4.98 Å². The molecule has 1 saturated heterocycles. The van der Waals surface area contributed by atoms with Gasteiger partial charge in [0.2, 0.25) is 0 Å². The summed E-state index contributed by atoms with van der Waals surface area (Å²) in [5, 5.41) is 9.40. The highest BCUT2D eigenvalue weighted by Gasteiger charge is 2.16. The predicted molar refractivity (Wildman–Crippen MR) is 153 cm³/mol. The number of nitrogens with two attached hydrogens (primary N) is 1. The van der Waals surface area contributed by atoms with Crippen molar-refractivity contribution in [2.24, 2.45) is 0 Å². The van der Waals surface area contributed by atoms with Gasteiger partial charge < -0.3 is 15.5 Å². The van der Waals surface area contributed by atoms with Gasteiger partial charge in [-0.2, -0.15) is 5.10 Å². The highest BCUT2D eigenvalue weighted by molar-refractivity contribution is 6.05. The lowest BCUT2D eigenvalue weighted by molar-refractivity contribution is 0.0342. The number of benzene rings is 3. The van der Waals surface area contributed by atoms with Crippen LogP contribution in [0.15, 0.2) is 85.1 Å². The number of aromatic nitrogens is 4. The Balaban J connectivity index is 1.27. The minimum absolute atomic E-state index is 0.497. The third-order valence-electron chi connectivity index (χ3n) is 7.40. The molecule has 6 aromatic rings. The Bertz CT molecular complexity index is 1730. The molecule has 7 heteroatoms. The van der Waals surface area contributed by atoms with Gasteiger partial charge in [-0.15, -0.1) is 0 Å². The van der Waals surface area contributed by atoms with Gasteiger partial charge in [0.05, 0.1) is 18.7 Å². The Morgan fingerprint density at radius 2 is 1.63 bits per heavy atom. The molecule has 3 aromatic carbocycles. The largest absolute Gasteiger partial charge is 0.382 e. The summed E-state index contributed by atoms with van der Waals surface area (Å²) in [6, 6.07) is 27.7. The second kappa shape index (κ2) is 9.45. The standard InChI is InChI=1S/C31H28N6O/c32-30-27-17-23(16-25(29(27)35-36-30)21-4-2-1-3-5-21)24-10-11-33-31-26(24)18-28(34-31)22-8-6-20(7-9-22)19-37-12-14-38-15-13-37/h1-11,16-18H,12-15,19H2,(H,33,34)(H3,32,35,36). The number of fused-ring (bicyclic) bond motifs is 2. The van der Waals surface area contributed by atoms with Crippen LogP contribution in [0.5, 0.6) is 0 Å². The van der Waals surface area contributed by atoms with E-state index in [0.717, 1.165) is 88.3 Å². The smallest absolute Gasteiger partial charge is 0.153 e. The number of H-pyrrole nitrogens is 2. The summed E-state index contributed by atoms with van der Waals surface area (Å²) in [4.78, 5) is 10.6. The number of nitrogens with one attached hydrogen (secondary N) is 2. The van der Waals surface area contributed by atoms with E-state index in [1.807, 2.05) is 24.4 Å². The van der Waals surface area contributed by atoms with Crippen molar-refractivity contribution in [2.75, 3.05) is 32.0 Å². The fourth-order valence-electron chi connectivity index (χ4n) is 5.38. The molecule has 38 heavy (non-hydrogen) atoms. The van der Waals surface area contributed by atoms with Crippen LogP contribution >= 0.6 is 0 Å². The predicted octanol–water partition coefficient (Wildman–Crippen LogP) is 5.85. The van der Waals surface area contributed by atoms with Crippen LogP contribution in [0.25, 0.3) is 55.4 Å². The lowest BCUT2D eigenvalue weighted by atomic mass is 9.95. The third kappa shape index (κ3) is 4.12. The first-order valence-electron chi connectivity index (χ1n) is 12.9. The van der Waals surface area contributed by atoms with Gasteiger partial charge in [-0.1, -0.05) is 54.6 Å². The van der Waals surface area contributed by atoms with Gasteiger partial charge in [0.25, 0.3) is 0 Å². The van der Waals surface area contributed by atoms with E-state index in [0.29, 0.717) is 5.82 Å². The van der Waals surface area contributed by atoms with Crippen LogP contribution in [0, 0.1) is 0 Å². The molecule has 0 saturated carbocycles. The Hall–Kier alpha value is -4.46. The molecule has 0 amide bonds. The number of nitrogens with zero attached hydrogens (tertiary/aromatic N) is 3. The van der Waals surface area contributed by atoms with Crippen LogP contribution in [0.4, 0.5) is 5.82 Å². The zero-order valence-corrected chi connectivity index (χ0v) is 20.9. The molecule has 3 aromatic heterocycles. The van der Waals surface area contributed by atoms with E-state index in [-0.39, 0.29) is 0 Å². The van der Waals surface area contributed by atoms with E-state index >= 15 is 0 Å². The maximum absolute atomic E-state index is 6.26. The zero-order valence-electron chi connectivity index (χ0n) is 20.9. The van der Waals surface area contributed by atoms with E-state index in [9.17, 15) is 0 Å². The summed E-state index contributed by atoms with van der Waals surface area (Å²) in [5.41, 5.74) is 15.9. The summed E-state index contributed by atoms with van der Waals surface area (Å²) in [7, 11) is 0. The molecule has 0 spiro atoms. The van der Waals surface area contributed by atoms with Gasteiger partial charge in [-0.3, -0.25) is 10.00 Å². The molecule has 4 N–H and O–H groups in total. The van der Waals surface area contributed by atoms with Crippen molar-refractivity contribution in [1.82, 2.24) is 25.1 Å². The number of pyridine rings is 1. The van der Waals surface area contributed by atoms with Crippen molar-refractivity contribution in [2.45, 2.75) is 6.54 Å². The van der Waals surface area contributed by atoms with Crippen molar-refractivity contribution in [3.05, 3.63) is 90.6 Å². The van der Waals surface area contributed by atoms with Gasteiger partial charge in [0.1, 0.15) is 5.65 Å². The Morgan fingerprint density at radius 1 is 0.816 bits per heavy atom. The summed E-state index contributed by atoms with van der Waals surface area (Å²) < 4.78 is 5.47. The maximum atomic E-state index is 6.26. The number of hydrogen-bond donors (Lipinski definition) is 3. The summed E-state index contributed by atoms with van der Waals surface area (Å²) in [6.07, 6.45) is 1.86. The van der Waals surface area contributed by atoms with Crippen LogP contribution in [0.2, 0.25) is 0 Å². The topological polar surface area (TPSA) is 95.8 Å². The molecular weight excluding hydrogens is 472 g/mol. The average Bonchev–Trinajstić information content (AvgIpc) is 3.58. The number of aromatic amines is 2. The number of morpholine rings is 1. The molecule has 7 nitrogen and oxygen atoms in total. The molecule has 7 rings (SSSR count). The van der Waals surface area contributed by atoms with E-state index in [4.69, 9.17) is 10.5 Å². The number of anilines is 1. The first-order chi connectivity index (χ1) is 18.7. The van der Waals surface area contributed by atoms with Gasteiger partial charge in [0, 0.05) is 47.9 Å². The Labute approximate surface area is 220 Å². The van der Waals surface area contributed by atoms with Crippen LogP contribution in [0.1, 0.15) is 5.56 Å². The quantitative estimate of drug-likeness (QED) is 0.276. The molecule has 0 atom stereocenters. The van der Waals surface area contributed by atoms with Crippen LogP contribution in [0.3, 0.4) is 0 Å². The van der Waals surface area contributed by atoms with Crippen molar-refractivity contribution < 1.29 is 4.74 Å². The molecule has 0 radical (unpaired) electrons. The molecule has 4 heterocycles. The van der Waals surface area contributed by atoms with Crippen LogP contribution in [-0.4, -0.2) is 51.4 Å². The summed E-state index contributed by atoms with van der Waals surface area (Å²) in [5.74, 6) is 0.497. The van der Waals surface area contributed by atoms with Crippen molar-refractivity contribution in [1.29, 1.82) is 0 Å². The molecule has 1 fully saturated rings. The van der Waals surface area contributed by atoms with E-state index < -0.39 is 0 Å². The second-order valence-corrected chi connectivity index (χ2v) is 9.81. The maximum Gasteiger partial charge on any atom is 0.153 e. The lowest BCUT2D eigenvalue weighted by Gasteiger charge is -2.26. The van der Waals surface area contributed by atoms with E-state index in [2.05, 4.69) is 85.7 Å². The highest BCUT2D eigenvalue weighted by atomic mass is 16.5. The van der Waals surface area contributed by atoms with Crippen molar-refractivity contribution in [3.63, 3.8) is 0 Å². The molecule has 0 aliphatic carbocycles. The minimum Gasteiger partial charge on any atom is -0.382 e. The Morgan fingerprint density at radius 3 is 2.45 bits per heavy atom. The number of hydrogen-bond acceptors (Lipinski definition) is 5. The summed E-state index contributed by atoms with van der Waals surface area (Å²) in [6.45, 7) is 4.55. The van der Waals surface area contributed by atoms with Gasteiger partial charge >= 0.3 is 0 Å². The van der Waals surface area contributed by atoms with Crippen molar-refractivity contribution in [3.8, 4) is 33.5 Å². The monoisotopic (exact) mass is 500 g/mol. The van der Waals surface area contributed by atoms with E-state index in [1.165, 1.54) is 5.56 Å². The van der Waals surface area contributed by atoms with Gasteiger partial charge in [0.15, 0.2) is 5.82 Å². The first kappa shape index (κ1) is 22.7. The van der Waals surface area contributed by atoms with Gasteiger partial charge in [-0.05, 0) is 52.1 Å². The molecule has 0 bridgehead atoms. The molecule has 1 aliphatic heterocycles. The fourth-order valence-corrected chi connectivity index (χ4v) is 5.38. The number of nitrogen functional groups attached to an aromatic ring is 1.